The highest BCUT2D eigenvalue weighted by molar-refractivity contribution is 6.03. The first-order valence-electron chi connectivity index (χ1n) is 7.63. The molecule has 0 radical (unpaired) electrons. The number of benzene rings is 3. The molecule has 0 aromatic heterocycles. The van der Waals surface area contributed by atoms with Gasteiger partial charge in [0, 0.05) is 11.1 Å². The highest BCUT2D eigenvalue weighted by atomic mass is 16.5. The summed E-state index contributed by atoms with van der Waals surface area (Å²) in [7, 11) is 0. The molecule has 24 heavy (non-hydrogen) atoms. The summed E-state index contributed by atoms with van der Waals surface area (Å²) in [6.45, 7) is 1.69. The third-order valence-corrected chi connectivity index (χ3v) is 3.71. The lowest BCUT2D eigenvalue weighted by Crippen LogP contribution is -2.30. The van der Waals surface area contributed by atoms with Crippen LogP contribution in [0.1, 0.15) is 12.5 Å². The zero-order chi connectivity index (χ0) is 16.9. The van der Waals surface area contributed by atoms with Crippen LogP contribution in [0.2, 0.25) is 0 Å². The second-order valence-electron chi connectivity index (χ2n) is 5.41. The number of rotatable bonds is 4. The van der Waals surface area contributed by atoms with E-state index in [-0.39, 0.29) is 5.91 Å². The molecule has 118 valence electrons. The molecule has 1 N–H and O–H groups in total. The van der Waals surface area contributed by atoms with Crippen LogP contribution in [-0.4, -0.2) is 12.0 Å². The van der Waals surface area contributed by atoms with Gasteiger partial charge >= 0.3 is 0 Å². The van der Waals surface area contributed by atoms with Crippen molar-refractivity contribution in [2.75, 3.05) is 5.32 Å². The predicted molar refractivity (Wildman–Crippen MR) is 93.8 cm³/mol. The Morgan fingerprint density at radius 1 is 1.04 bits per heavy atom. The van der Waals surface area contributed by atoms with Crippen LogP contribution < -0.4 is 10.1 Å². The number of nitrogens with zero attached hydrogens (tertiary/aromatic N) is 1. The molecule has 4 heteroatoms. The van der Waals surface area contributed by atoms with Gasteiger partial charge in [-0.05, 0) is 42.6 Å². The first kappa shape index (κ1) is 15.6. The first-order chi connectivity index (χ1) is 11.7. The van der Waals surface area contributed by atoms with Crippen LogP contribution in [-0.2, 0) is 4.79 Å². The van der Waals surface area contributed by atoms with Crippen molar-refractivity contribution in [3.63, 3.8) is 0 Å². The lowest BCUT2D eigenvalue weighted by Gasteiger charge is -2.15. The lowest BCUT2D eigenvalue weighted by molar-refractivity contribution is -0.122. The number of hydrogen-bond donors (Lipinski definition) is 1. The maximum atomic E-state index is 12.4. The van der Waals surface area contributed by atoms with E-state index in [1.54, 1.807) is 31.2 Å². The lowest BCUT2D eigenvalue weighted by atomic mass is 10.1. The first-order valence-corrected chi connectivity index (χ1v) is 7.63. The molecule has 1 atom stereocenters. The standard InChI is InChI=1S/C20H16N2O2/c1-14(24-17-11-9-15(13-21)10-12-17)20(23)22-19-8-4-6-16-5-2-3-7-18(16)19/h2-12,14H,1H3,(H,22,23)/t14-/m1/s1. The van der Waals surface area contributed by atoms with Gasteiger partial charge in [-0.15, -0.1) is 0 Å². The van der Waals surface area contributed by atoms with Gasteiger partial charge in [-0.3, -0.25) is 4.79 Å². The zero-order valence-electron chi connectivity index (χ0n) is 13.2. The van der Waals surface area contributed by atoms with Gasteiger partial charge in [0.15, 0.2) is 6.10 Å². The number of nitrogens with one attached hydrogen (secondary N) is 1. The molecular formula is C20H16N2O2. The summed E-state index contributed by atoms with van der Waals surface area (Å²) in [4.78, 5) is 12.4. The molecule has 0 unspecified atom stereocenters. The number of anilines is 1. The molecule has 0 heterocycles. The molecule has 0 bridgehead atoms. The molecule has 3 aromatic carbocycles. The van der Waals surface area contributed by atoms with Gasteiger partial charge in [-0.25, -0.2) is 0 Å². The van der Waals surface area contributed by atoms with Gasteiger partial charge in [0.05, 0.1) is 11.6 Å². The minimum Gasteiger partial charge on any atom is -0.481 e. The van der Waals surface area contributed by atoms with E-state index in [0.717, 1.165) is 16.5 Å². The molecule has 0 saturated heterocycles. The van der Waals surface area contributed by atoms with Crippen molar-refractivity contribution in [2.24, 2.45) is 0 Å². The van der Waals surface area contributed by atoms with E-state index in [2.05, 4.69) is 5.32 Å². The third kappa shape index (κ3) is 3.36. The van der Waals surface area contributed by atoms with Crippen LogP contribution in [0.4, 0.5) is 5.69 Å². The van der Waals surface area contributed by atoms with E-state index >= 15 is 0 Å². The van der Waals surface area contributed by atoms with E-state index in [1.807, 2.05) is 48.5 Å². The van der Waals surface area contributed by atoms with Crippen molar-refractivity contribution < 1.29 is 9.53 Å². The minimum atomic E-state index is -0.656. The average Bonchev–Trinajstić information content (AvgIpc) is 2.62. The number of fused-ring (bicyclic) bond motifs is 1. The van der Waals surface area contributed by atoms with E-state index in [1.165, 1.54) is 0 Å². The van der Waals surface area contributed by atoms with Gasteiger partial charge < -0.3 is 10.1 Å². The highest BCUT2D eigenvalue weighted by Gasteiger charge is 2.15. The largest absolute Gasteiger partial charge is 0.481 e. The smallest absolute Gasteiger partial charge is 0.265 e. The van der Waals surface area contributed by atoms with Gasteiger partial charge in [0.1, 0.15) is 5.75 Å². The molecule has 3 aromatic rings. The maximum absolute atomic E-state index is 12.4. The number of nitriles is 1. The Labute approximate surface area is 140 Å². The summed E-state index contributed by atoms with van der Waals surface area (Å²) in [6.07, 6.45) is -0.656. The summed E-state index contributed by atoms with van der Waals surface area (Å²) >= 11 is 0. The van der Waals surface area contributed by atoms with Crippen molar-refractivity contribution in [1.29, 1.82) is 5.26 Å². The molecule has 4 nitrogen and oxygen atoms in total. The fourth-order valence-electron chi connectivity index (χ4n) is 2.43. The second-order valence-corrected chi connectivity index (χ2v) is 5.41. The molecule has 0 saturated carbocycles. The average molecular weight is 316 g/mol. The SMILES string of the molecule is C[C@@H](Oc1ccc(C#N)cc1)C(=O)Nc1cccc2ccccc12. The highest BCUT2D eigenvalue weighted by Crippen LogP contribution is 2.23. The summed E-state index contributed by atoms with van der Waals surface area (Å²) in [5.41, 5.74) is 1.31. The summed E-state index contributed by atoms with van der Waals surface area (Å²) in [6, 6.07) is 22.4. The van der Waals surface area contributed by atoms with Crippen LogP contribution >= 0.6 is 0 Å². The van der Waals surface area contributed by atoms with Gasteiger partial charge in [-0.1, -0.05) is 36.4 Å². The Balaban J connectivity index is 1.72. The van der Waals surface area contributed by atoms with E-state index in [9.17, 15) is 4.79 Å². The zero-order valence-corrected chi connectivity index (χ0v) is 13.2. The van der Waals surface area contributed by atoms with Crippen LogP contribution in [0.15, 0.2) is 66.7 Å². The van der Waals surface area contributed by atoms with E-state index in [0.29, 0.717) is 11.3 Å². The molecular weight excluding hydrogens is 300 g/mol. The van der Waals surface area contributed by atoms with Gasteiger partial charge in [-0.2, -0.15) is 5.26 Å². The third-order valence-electron chi connectivity index (χ3n) is 3.71. The molecule has 0 fully saturated rings. The number of amides is 1. The Kier molecular flexibility index (Phi) is 4.44. The molecule has 0 aliphatic rings. The molecule has 1 amide bonds. The summed E-state index contributed by atoms with van der Waals surface area (Å²) in [5, 5.41) is 13.8. The topological polar surface area (TPSA) is 62.1 Å². The monoisotopic (exact) mass is 316 g/mol. The van der Waals surface area contributed by atoms with Crippen LogP contribution in [0, 0.1) is 11.3 Å². The Hall–Kier alpha value is -3.32. The van der Waals surface area contributed by atoms with Crippen molar-refractivity contribution >= 4 is 22.4 Å². The second kappa shape index (κ2) is 6.84. The van der Waals surface area contributed by atoms with Crippen molar-refractivity contribution in [2.45, 2.75) is 13.0 Å². The van der Waals surface area contributed by atoms with Crippen molar-refractivity contribution in [1.82, 2.24) is 0 Å². The summed E-state index contributed by atoms with van der Waals surface area (Å²) in [5.74, 6) is 0.324. The molecule has 0 spiro atoms. The minimum absolute atomic E-state index is 0.226. The predicted octanol–water partition coefficient (Wildman–Crippen LogP) is 4.12. The number of carbonyl (C=O) groups excluding carboxylic acids is 1. The molecule has 0 aliphatic carbocycles. The normalized spacial score (nSPS) is 11.5. The van der Waals surface area contributed by atoms with Crippen LogP contribution in [0.25, 0.3) is 10.8 Å². The van der Waals surface area contributed by atoms with Gasteiger partial charge in [0.2, 0.25) is 0 Å². The number of carbonyl (C=O) groups is 1. The number of ether oxygens (including phenoxy) is 1. The molecule has 0 aliphatic heterocycles. The fraction of sp³-hybridized carbons (Fsp3) is 0.100. The van der Waals surface area contributed by atoms with Crippen molar-refractivity contribution in [3.05, 3.63) is 72.3 Å². The fourth-order valence-corrected chi connectivity index (χ4v) is 2.43. The van der Waals surface area contributed by atoms with Crippen LogP contribution in [0.5, 0.6) is 5.75 Å². The number of hydrogen-bond acceptors (Lipinski definition) is 3. The Morgan fingerprint density at radius 2 is 1.75 bits per heavy atom. The quantitative estimate of drug-likeness (QED) is 0.787. The van der Waals surface area contributed by atoms with E-state index < -0.39 is 6.10 Å². The van der Waals surface area contributed by atoms with Gasteiger partial charge in [0.25, 0.3) is 5.91 Å². The Morgan fingerprint density at radius 3 is 2.50 bits per heavy atom. The van der Waals surface area contributed by atoms with E-state index in [4.69, 9.17) is 10.00 Å². The van der Waals surface area contributed by atoms with Crippen molar-refractivity contribution in [3.8, 4) is 11.8 Å². The van der Waals surface area contributed by atoms with Crippen LogP contribution in [0.3, 0.4) is 0 Å². The Bertz CT molecular complexity index is 906. The summed E-state index contributed by atoms with van der Waals surface area (Å²) < 4.78 is 5.64. The maximum Gasteiger partial charge on any atom is 0.265 e. The molecule has 3 rings (SSSR count).